The quantitative estimate of drug-likeness (QED) is 0.587. The van der Waals surface area contributed by atoms with E-state index in [0.717, 1.165) is 51.4 Å². The SMILES string of the molecule is CCNC(=NCC1CC1c1ccccc1)NC1CCN(C(=O)C2CCCC2)C1. The molecule has 1 aromatic rings. The fraction of sp³-hybridized carbons (Fsp3) is 0.652. The minimum Gasteiger partial charge on any atom is -0.357 e. The molecule has 1 aliphatic heterocycles. The van der Waals surface area contributed by atoms with Crippen molar-refractivity contribution in [3.63, 3.8) is 0 Å². The van der Waals surface area contributed by atoms with Gasteiger partial charge in [-0.2, -0.15) is 0 Å². The molecule has 0 radical (unpaired) electrons. The van der Waals surface area contributed by atoms with E-state index < -0.39 is 0 Å². The van der Waals surface area contributed by atoms with Crippen molar-refractivity contribution in [3.8, 4) is 0 Å². The molecule has 4 rings (SSSR count). The summed E-state index contributed by atoms with van der Waals surface area (Å²) >= 11 is 0. The van der Waals surface area contributed by atoms with Crippen LogP contribution in [0.3, 0.4) is 0 Å². The fourth-order valence-corrected chi connectivity index (χ4v) is 4.79. The van der Waals surface area contributed by atoms with Crippen LogP contribution in [-0.2, 0) is 4.79 Å². The molecule has 1 heterocycles. The zero-order valence-electron chi connectivity index (χ0n) is 17.1. The van der Waals surface area contributed by atoms with Crippen molar-refractivity contribution in [2.24, 2.45) is 16.8 Å². The second-order valence-electron chi connectivity index (χ2n) is 8.63. The van der Waals surface area contributed by atoms with E-state index in [4.69, 9.17) is 4.99 Å². The number of hydrogen-bond acceptors (Lipinski definition) is 2. The number of nitrogens with zero attached hydrogens (tertiary/aromatic N) is 2. The first-order chi connectivity index (χ1) is 13.7. The monoisotopic (exact) mass is 382 g/mol. The Hall–Kier alpha value is -2.04. The summed E-state index contributed by atoms with van der Waals surface area (Å²) in [5.41, 5.74) is 1.44. The molecule has 1 saturated heterocycles. The molecule has 28 heavy (non-hydrogen) atoms. The molecule has 0 bridgehead atoms. The highest BCUT2D eigenvalue weighted by Gasteiger charge is 2.38. The minimum atomic E-state index is 0.283. The van der Waals surface area contributed by atoms with Crippen LogP contribution in [0.4, 0.5) is 0 Å². The number of rotatable bonds is 6. The molecule has 1 aromatic carbocycles. The van der Waals surface area contributed by atoms with Crippen LogP contribution in [0.5, 0.6) is 0 Å². The average molecular weight is 383 g/mol. The lowest BCUT2D eigenvalue weighted by Crippen LogP contribution is -2.45. The number of carbonyl (C=O) groups excluding carboxylic acids is 1. The summed E-state index contributed by atoms with van der Waals surface area (Å²) in [6, 6.07) is 11.1. The van der Waals surface area contributed by atoms with E-state index in [1.165, 1.54) is 24.8 Å². The number of carbonyl (C=O) groups is 1. The fourth-order valence-electron chi connectivity index (χ4n) is 4.79. The molecule has 2 N–H and O–H groups in total. The van der Waals surface area contributed by atoms with Crippen LogP contribution in [0.25, 0.3) is 0 Å². The Kier molecular flexibility index (Phi) is 6.18. The molecule has 0 aromatic heterocycles. The maximum atomic E-state index is 12.7. The highest BCUT2D eigenvalue weighted by molar-refractivity contribution is 5.81. The van der Waals surface area contributed by atoms with Crippen LogP contribution in [-0.4, -0.2) is 49.0 Å². The summed E-state index contributed by atoms with van der Waals surface area (Å²) in [5.74, 6) is 2.89. The molecule has 0 spiro atoms. The smallest absolute Gasteiger partial charge is 0.225 e. The molecule has 152 valence electrons. The minimum absolute atomic E-state index is 0.283. The second-order valence-corrected chi connectivity index (χ2v) is 8.63. The lowest BCUT2D eigenvalue weighted by Gasteiger charge is -2.21. The Morgan fingerprint density at radius 2 is 1.96 bits per heavy atom. The summed E-state index contributed by atoms with van der Waals surface area (Å²) in [6.45, 7) is 5.52. The molecule has 3 aliphatic rings. The van der Waals surface area contributed by atoms with Gasteiger partial charge in [0.1, 0.15) is 0 Å². The molecule has 2 aliphatic carbocycles. The zero-order valence-corrected chi connectivity index (χ0v) is 17.1. The van der Waals surface area contributed by atoms with Crippen molar-refractivity contribution in [1.29, 1.82) is 0 Å². The molecule has 3 atom stereocenters. The van der Waals surface area contributed by atoms with Gasteiger partial charge in [-0.15, -0.1) is 0 Å². The molecule has 5 heteroatoms. The molecular formula is C23H34N4O. The summed E-state index contributed by atoms with van der Waals surface area (Å²) in [5, 5.41) is 6.96. The largest absolute Gasteiger partial charge is 0.357 e. The van der Waals surface area contributed by atoms with Crippen LogP contribution < -0.4 is 10.6 Å². The lowest BCUT2D eigenvalue weighted by atomic mass is 10.1. The predicted octanol–water partition coefficient (Wildman–Crippen LogP) is 3.14. The maximum absolute atomic E-state index is 12.7. The van der Waals surface area contributed by atoms with E-state index in [9.17, 15) is 4.79 Å². The molecule has 2 saturated carbocycles. The van der Waals surface area contributed by atoms with Crippen molar-refractivity contribution in [2.45, 2.75) is 57.4 Å². The second kappa shape index (κ2) is 8.97. The van der Waals surface area contributed by atoms with E-state index in [1.54, 1.807) is 0 Å². The van der Waals surface area contributed by atoms with Crippen molar-refractivity contribution in [2.75, 3.05) is 26.2 Å². The van der Waals surface area contributed by atoms with E-state index in [2.05, 4.69) is 52.8 Å². The molecule has 3 unspecified atom stereocenters. The Labute approximate surface area is 169 Å². The van der Waals surface area contributed by atoms with Crippen molar-refractivity contribution in [3.05, 3.63) is 35.9 Å². The first-order valence-corrected chi connectivity index (χ1v) is 11.1. The number of benzene rings is 1. The van der Waals surface area contributed by atoms with Gasteiger partial charge in [-0.3, -0.25) is 9.79 Å². The number of guanidine groups is 1. The number of amides is 1. The Bertz CT molecular complexity index is 683. The van der Waals surface area contributed by atoms with Gasteiger partial charge in [0.05, 0.1) is 0 Å². The summed E-state index contributed by atoms with van der Waals surface area (Å²) < 4.78 is 0. The third kappa shape index (κ3) is 4.68. The van der Waals surface area contributed by atoms with Gasteiger partial charge in [0.25, 0.3) is 0 Å². The van der Waals surface area contributed by atoms with Crippen LogP contribution in [0, 0.1) is 11.8 Å². The Morgan fingerprint density at radius 1 is 1.18 bits per heavy atom. The van der Waals surface area contributed by atoms with Crippen LogP contribution in [0.1, 0.15) is 56.9 Å². The van der Waals surface area contributed by atoms with Crippen molar-refractivity contribution < 1.29 is 4.79 Å². The number of hydrogen-bond donors (Lipinski definition) is 2. The Balaban J connectivity index is 1.27. The lowest BCUT2D eigenvalue weighted by molar-refractivity contribution is -0.134. The van der Waals surface area contributed by atoms with Gasteiger partial charge in [-0.1, -0.05) is 43.2 Å². The number of nitrogens with one attached hydrogen (secondary N) is 2. The summed E-state index contributed by atoms with van der Waals surface area (Å²) in [6.07, 6.45) is 6.85. The van der Waals surface area contributed by atoms with E-state index in [0.29, 0.717) is 23.8 Å². The third-order valence-corrected chi connectivity index (χ3v) is 6.52. The first-order valence-electron chi connectivity index (χ1n) is 11.1. The normalized spacial score (nSPS) is 27.8. The van der Waals surface area contributed by atoms with Gasteiger partial charge in [0.15, 0.2) is 5.96 Å². The number of likely N-dealkylation sites (tertiary alicyclic amines) is 1. The highest BCUT2D eigenvalue weighted by Crippen LogP contribution is 2.47. The average Bonchev–Trinajstić information content (AvgIpc) is 3.09. The summed E-state index contributed by atoms with van der Waals surface area (Å²) in [4.78, 5) is 19.6. The van der Waals surface area contributed by atoms with Gasteiger partial charge in [-0.25, -0.2) is 0 Å². The van der Waals surface area contributed by atoms with Crippen LogP contribution >= 0.6 is 0 Å². The van der Waals surface area contributed by atoms with E-state index in [1.807, 2.05) is 0 Å². The van der Waals surface area contributed by atoms with E-state index >= 15 is 0 Å². The Morgan fingerprint density at radius 3 is 2.71 bits per heavy atom. The summed E-state index contributed by atoms with van der Waals surface area (Å²) in [7, 11) is 0. The topological polar surface area (TPSA) is 56.7 Å². The number of aliphatic imine (C=N–C) groups is 1. The van der Waals surface area contributed by atoms with Gasteiger partial charge in [0.2, 0.25) is 5.91 Å². The van der Waals surface area contributed by atoms with Gasteiger partial charge in [-0.05, 0) is 50.0 Å². The van der Waals surface area contributed by atoms with E-state index in [-0.39, 0.29) is 5.92 Å². The van der Waals surface area contributed by atoms with Crippen molar-refractivity contribution >= 4 is 11.9 Å². The molecule has 1 amide bonds. The third-order valence-electron chi connectivity index (χ3n) is 6.52. The van der Waals surface area contributed by atoms with Gasteiger partial charge in [0, 0.05) is 38.1 Å². The van der Waals surface area contributed by atoms with Crippen LogP contribution in [0.2, 0.25) is 0 Å². The zero-order chi connectivity index (χ0) is 19.3. The molecule has 5 nitrogen and oxygen atoms in total. The highest BCUT2D eigenvalue weighted by atomic mass is 16.2. The first kappa shape index (κ1) is 19.3. The predicted molar refractivity (Wildman–Crippen MR) is 113 cm³/mol. The molecular weight excluding hydrogens is 348 g/mol. The van der Waals surface area contributed by atoms with Crippen LogP contribution in [0.15, 0.2) is 35.3 Å². The molecule has 3 fully saturated rings. The standard InChI is InChI=1S/C23H34N4O/c1-2-24-23(25-15-19-14-21(19)17-8-4-3-5-9-17)26-20-12-13-27(16-20)22(28)18-10-6-7-11-18/h3-5,8-9,18-21H,2,6-7,10-16H2,1H3,(H2,24,25,26). The van der Waals surface area contributed by atoms with Gasteiger partial charge < -0.3 is 15.5 Å². The van der Waals surface area contributed by atoms with Crippen molar-refractivity contribution in [1.82, 2.24) is 15.5 Å². The maximum Gasteiger partial charge on any atom is 0.225 e. The van der Waals surface area contributed by atoms with Gasteiger partial charge >= 0.3 is 0 Å².